The number of carbonyl (C=O) groups excluding carboxylic acids is 1. The second-order valence-corrected chi connectivity index (χ2v) is 5.90. The van der Waals surface area contributed by atoms with E-state index in [2.05, 4.69) is 33.2 Å². The predicted octanol–water partition coefficient (Wildman–Crippen LogP) is 3.04. The van der Waals surface area contributed by atoms with Gasteiger partial charge in [-0.05, 0) is 73.5 Å². The van der Waals surface area contributed by atoms with Gasteiger partial charge < -0.3 is 10.2 Å². The minimum absolute atomic E-state index is 0.147. The highest BCUT2D eigenvalue weighted by atomic mass is 79.9. The Morgan fingerprint density at radius 1 is 1.39 bits per heavy atom. The van der Waals surface area contributed by atoms with Crippen LogP contribution in [0.4, 0.5) is 5.69 Å². The molecule has 1 aliphatic rings. The van der Waals surface area contributed by atoms with Crippen molar-refractivity contribution in [3.63, 3.8) is 0 Å². The summed E-state index contributed by atoms with van der Waals surface area (Å²) in [6.07, 6.45) is 1.90. The van der Waals surface area contributed by atoms with Crippen molar-refractivity contribution >= 4 is 27.5 Å². The molecule has 0 radical (unpaired) electrons. The van der Waals surface area contributed by atoms with Gasteiger partial charge in [0.1, 0.15) is 0 Å². The number of rotatable bonds is 2. The Hall–Kier alpha value is -0.870. The van der Waals surface area contributed by atoms with Gasteiger partial charge in [0.2, 0.25) is 5.91 Å². The molecule has 1 aromatic carbocycles. The molecular weight excluding hydrogens is 292 g/mol. The fourth-order valence-electron chi connectivity index (χ4n) is 2.24. The van der Waals surface area contributed by atoms with Crippen molar-refractivity contribution in [1.82, 2.24) is 4.90 Å². The monoisotopic (exact) mass is 310 g/mol. The Balaban J connectivity index is 2.00. The van der Waals surface area contributed by atoms with Crippen molar-refractivity contribution in [2.24, 2.45) is 5.92 Å². The molecule has 3 nitrogen and oxygen atoms in total. The van der Waals surface area contributed by atoms with Gasteiger partial charge in [0.15, 0.2) is 0 Å². The lowest BCUT2D eigenvalue weighted by molar-refractivity contribution is -0.121. The lowest BCUT2D eigenvalue weighted by Crippen LogP contribution is -2.35. The largest absolute Gasteiger partial charge is 0.325 e. The molecule has 1 N–H and O–H groups in total. The Bertz CT molecular complexity index is 439. The van der Waals surface area contributed by atoms with E-state index in [1.165, 1.54) is 0 Å². The second-order valence-electron chi connectivity index (χ2n) is 5.05. The van der Waals surface area contributed by atoms with Crippen molar-refractivity contribution in [3.8, 4) is 0 Å². The number of benzene rings is 1. The van der Waals surface area contributed by atoms with Gasteiger partial charge in [-0.2, -0.15) is 0 Å². The number of hydrogen-bond donors (Lipinski definition) is 1. The fraction of sp³-hybridized carbons (Fsp3) is 0.500. The van der Waals surface area contributed by atoms with Gasteiger partial charge in [-0.25, -0.2) is 0 Å². The first-order chi connectivity index (χ1) is 8.56. The van der Waals surface area contributed by atoms with Crippen LogP contribution in [0, 0.1) is 12.8 Å². The summed E-state index contributed by atoms with van der Waals surface area (Å²) in [5, 5.41) is 3.03. The molecule has 1 fully saturated rings. The van der Waals surface area contributed by atoms with Crippen LogP contribution >= 0.6 is 15.9 Å². The molecule has 1 aromatic rings. The Labute approximate surface area is 117 Å². The maximum Gasteiger partial charge on any atom is 0.227 e. The molecule has 1 amide bonds. The minimum Gasteiger partial charge on any atom is -0.325 e. The summed E-state index contributed by atoms with van der Waals surface area (Å²) in [5.41, 5.74) is 2.02. The first-order valence-corrected chi connectivity index (χ1v) is 7.11. The summed E-state index contributed by atoms with van der Waals surface area (Å²) < 4.78 is 0.939. The number of carbonyl (C=O) groups is 1. The summed E-state index contributed by atoms with van der Waals surface area (Å²) in [5.74, 6) is 0.294. The molecule has 18 heavy (non-hydrogen) atoms. The lowest BCUT2D eigenvalue weighted by Gasteiger charge is -2.28. The third-order valence-corrected chi connectivity index (χ3v) is 4.16. The molecule has 0 atom stereocenters. The van der Waals surface area contributed by atoms with Gasteiger partial charge in [-0.1, -0.05) is 6.07 Å². The van der Waals surface area contributed by atoms with Crippen LogP contribution in [0.2, 0.25) is 0 Å². The number of piperidine rings is 1. The molecule has 0 aromatic heterocycles. The number of amides is 1. The quantitative estimate of drug-likeness (QED) is 0.910. The third-order valence-electron chi connectivity index (χ3n) is 3.47. The van der Waals surface area contributed by atoms with E-state index < -0.39 is 0 Å². The minimum atomic E-state index is 0.147. The molecule has 0 unspecified atom stereocenters. The summed E-state index contributed by atoms with van der Waals surface area (Å²) >= 11 is 3.47. The third kappa shape index (κ3) is 3.33. The Morgan fingerprint density at radius 2 is 2.06 bits per heavy atom. The van der Waals surface area contributed by atoms with E-state index in [-0.39, 0.29) is 11.8 Å². The van der Waals surface area contributed by atoms with Crippen molar-refractivity contribution in [2.75, 3.05) is 25.5 Å². The van der Waals surface area contributed by atoms with Gasteiger partial charge in [0, 0.05) is 10.4 Å². The number of halogens is 1. The molecule has 1 aliphatic heterocycles. The second kappa shape index (κ2) is 5.85. The average Bonchev–Trinajstić information content (AvgIpc) is 2.34. The van der Waals surface area contributed by atoms with Crippen LogP contribution in [0.15, 0.2) is 22.7 Å². The SMILES string of the molecule is Cc1ccc(Br)c(NC(=O)C2CCN(C)CC2)c1. The van der Waals surface area contributed by atoms with Gasteiger partial charge >= 0.3 is 0 Å². The van der Waals surface area contributed by atoms with Gasteiger partial charge in [0.25, 0.3) is 0 Å². The molecule has 4 heteroatoms. The normalized spacial score (nSPS) is 17.7. The van der Waals surface area contributed by atoms with Gasteiger partial charge in [-0.15, -0.1) is 0 Å². The average molecular weight is 311 g/mol. The van der Waals surface area contributed by atoms with Crippen LogP contribution in [0.5, 0.6) is 0 Å². The highest BCUT2D eigenvalue weighted by Crippen LogP contribution is 2.25. The van der Waals surface area contributed by atoms with Crippen LogP contribution in [0.1, 0.15) is 18.4 Å². The number of likely N-dealkylation sites (tertiary alicyclic amines) is 1. The Kier molecular flexibility index (Phi) is 4.40. The Morgan fingerprint density at radius 3 is 2.72 bits per heavy atom. The smallest absolute Gasteiger partial charge is 0.227 e. The number of nitrogens with zero attached hydrogens (tertiary/aromatic N) is 1. The summed E-state index contributed by atoms with van der Waals surface area (Å²) in [4.78, 5) is 14.5. The van der Waals surface area contributed by atoms with Gasteiger partial charge in [-0.3, -0.25) is 4.79 Å². The first kappa shape index (κ1) is 13.6. The lowest BCUT2D eigenvalue weighted by atomic mass is 9.96. The van der Waals surface area contributed by atoms with Gasteiger partial charge in [0.05, 0.1) is 5.69 Å². The van der Waals surface area contributed by atoms with Crippen molar-refractivity contribution in [3.05, 3.63) is 28.2 Å². The number of hydrogen-bond acceptors (Lipinski definition) is 2. The van der Waals surface area contributed by atoms with Crippen molar-refractivity contribution in [1.29, 1.82) is 0 Å². The van der Waals surface area contributed by atoms with E-state index in [4.69, 9.17) is 0 Å². The molecule has 0 saturated carbocycles. The van der Waals surface area contributed by atoms with Crippen LogP contribution < -0.4 is 5.32 Å². The zero-order chi connectivity index (χ0) is 13.1. The first-order valence-electron chi connectivity index (χ1n) is 6.32. The molecule has 1 saturated heterocycles. The molecule has 2 rings (SSSR count). The van der Waals surface area contributed by atoms with E-state index in [9.17, 15) is 4.79 Å². The predicted molar refractivity (Wildman–Crippen MR) is 77.7 cm³/mol. The highest BCUT2D eigenvalue weighted by Gasteiger charge is 2.23. The standard InChI is InChI=1S/C14H19BrN2O/c1-10-3-4-12(15)13(9-10)16-14(18)11-5-7-17(2)8-6-11/h3-4,9,11H,5-8H2,1-2H3,(H,16,18). The molecule has 1 heterocycles. The zero-order valence-corrected chi connectivity index (χ0v) is 12.5. The highest BCUT2D eigenvalue weighted by molar-refractivity contribution is 9.10. The van der Waals surface area contributed by atoms with E-state index >= 15 is 0 Å². The molecule has 98 valence electrons. The van der Waals surface area contributed by atoms with Crippen LogP contribution in [0.3, 0.4) is 0 Å². The number of anilines is 1. The summed E-state index contributed by atoms with van der Waals surface area (Å²) in [6, 6.07) is 5.99. The van der Waals surface area contributed by atoms with Crippen LogP contribution in [-0.4, -0.2) is 30.9 Å². The summed E-state index contributed by atoms with van der Waals surface area (Å²) in [6.45, 7) is 4.04. The van der Waals surface area contributed by atoms with E-state index in [1.54, 1.807) is 0 Å². The summed E-state index contributed by atoms with van der Waals surface area (Å²) in [7, 11) is 2.10. The molecule has 0 bridgehead atoms. The topological polar surface area (TPSA) is 32.3 Å². The number of nitrogens with one attached hydrogen (secondary N) is 1. The zero-order valence-electron chi connectivity index (χ0n) is 10.9. The van der Waals surface area contributed by atoms with Crippen molar-refractivity contribution < 1.29 is 4.79 Å². The molecule has 0 spiro atoms. The van der Waals surface area contributed by atoms with E-state index in [0.717, 1.165) is 41.7 Å². The molecule has 0 aliphatic carbocycles. The maximum absolute atomic E-state index is 12.2. The van der Waals surface area contributed by atoms with E-state index in [1.807, 2.05) is 25.1 Å². The number of aryl methyl sites for hydroxylation is 1. The fourth-order valence-corrected chi connectivity index (χ4v) is 2.59. The van der Waals surface area contributed by atoms with Crippen molar-refractivity contribution in [2.45, 2.75) is 19.8 Å². The maximum atomic E-state index is 12.2. The van der Waals surface area contributed by atoms with E-state index in [0.29, 0.717) is 0 Å². The molecular formula is C14H19BrN2O. The van der Waals surface area contributed by atoms with Crippen LogP contribution in [-0.2, 0) is 4.79 Å². The van der Waals surface area contributed by atoms with Crippen LogP contribution in [0.25, 0.3) is 0 Å².